The zero-order chi connectivity index (χ0) is 33.4. The number of terminal acetylenes is 1. The highest BCUT2D eigenvalue weighted by Gasteiger charge is 2.33. The highest BCUT2D eigenvalue weighted by atomic mass is 35.5. The van der Waals surface area contributed by atoms with Gasteiger partial charge in [0, 0.05) is 38.6 Å². The zero-order valence-corrected chi connectivity index (χ0v) is 26.3. The number of benzene rings is 2. The standard InChI is InChI=1S/C25H29ClO6.C2H4O2.C2H6.C2H2.CH2O2/c1-4-29-21-8-5-18(6-9-21)11-20-12-19(7-10-24(20)26)25-14-22(31-17(3)28)13-23(32-25)15-30-16(2)27;1-2(3)4;2*1-2;2-1-3/h5-10,12,22-23,25H,4,11,13-15H2,1-3H3;1H3,(H,3,4);1-2H3;1-2H;1H,(H,2,3)/t22-,23-,25+;;;;/m0..../s1. The third-order valence-corrected chi connectivity index (χ3v) is 5.60. The second kappa shape index (κ2) is 24.5. The van der Waals surface area contributed by atoms with Crippen molar-refractivity contribution in [1.82, 2.24) is 0 Å². The highest BCUT2D eigenvalue weighted by molar-refractivity contribution is 6.31. The molecule has 43 heavy (non-hydrogen) atoms. The van der Waals surface area contributed by atoms with Gasteiger partial charge in [-0.15, -0.1) is 12.8 Å². The second-order valence-corrected chi connectivity index (χ2v) is 8.89. The van der Waals surface area contributed by atoms with E-state index in [1.54, 1.807) is 0 Å². The minimum absolute atomic E-state index is 0.121. The number of hydrogen-bond donors (Lipinski definition) is 2. The van der Waals surface area contributed by atoms with Crippen molar-refractivity contribution in [2.45, 2.75) is 79.1 Å². The van der Waals surface area contributed by atoms with Crippen LogP contribution in [0.1, 0.15) is 77.2 Å². The number of rotatable bonds is 8. The molecule has 1 heterocycles. The van der Waals surface area contributed by atoms with E-state index in [4.69, 9.17) is 50.4 Å². The fourth-order valence-corrected chi connectivity index (χ4v) is 4.04. The van der Waals surface area contributed by atoms with Crippen molar-refractivity contribution < 1.29 is 48.3 Å². The topological polar surface area (TPSA) is 146 Å². The lowest BCUT2D eigenvalue weighted by molar-refractivity contribution is -0.169. The van der Waals surface area contributed by atoms with Crippen LogP contribution in [0.4, 0.5) is 0 Å². The van der Waals surface area contributed by atoms with Crippen molar-refractivity contribution in [1.29, 1.82) is 0 Å². The van der Waals surface area contributed by atoms with Gasteiger partial charge in [0.2, 0.25) is 0 Å². The summed E-state index contributed by atoms with van der Waals surface area (Å²) in [5.41, 5.74) is 3.03. The second-order valence-electron chi connectivity index (χ2n) is 8.48. The van der Waals surface area contributed by atoms with E-state index in [-0.39, 0.29) is 43.3 Å². The van der Waals surface area contributed by atoms with Gasteiger partial charge in [-0.25, -0.2) is 0 Å². The lowest BCUT2D eigenvalue weighted by Gasteiger charge is -2.35. The van der Waals surface area contributed by atoms with Crippen molar-refractivity contribution >= 4 is 36.0 Å². The van der Waals surface area contributed by atoms with E-state index >= 15 is 0 Å². The molecule has 0 spiro atoms. The molecule has 0 aromatic heterocycles. The first-order valence-corrected chi connectivity index (χ1v) is 13.9. The Kier molecular flexibility index (Phi) is 23.4. The van der Waals surface area contributed by atoms with Crippen LogP contribution < -0.4 is 4.74 Å². The Morgan fingerprint density at radius 1 is 1.02 bits per heavy atom. The predicted octanol–water partition coefficient (Wildman–Crippen LogP) is 6.11. The van der Waals surface area contributed by atoms with Crippen LogP contribution in [0.15, 0.2) is 42.5 Å². The molecule has 0 aliphatic carbocycles. The van der Waals surface area contributed by atoms with Crippen molar-refractivity contribution in [3.63, 3.8) is 0 Å². The molecule has 0 radical (unpaired) electrons. The van der Waals surface area contributed by atoms with E-state index in [1.807, 2.05) is 63.2 Å². The van der Waals surface area contributed by atoms with Crippen LogP contribution in [0, 0.1) is 12.8 Å². The molecule has 238 valence electrons. The lowest BCUT2D eigenvalue weighted by Crippen LogP contribution is -2.36. The number of halogens is 1. The van der Waals surface area contributed by atoms with E-state index in [1.165, 1.54) is 13.8 Å². The number of carboxylic acid groups (broad SMARTS) is 2. The van der Waals surface area contributed by atoms with Gasteiger partial charge in [-0.1, -0.05) is 49.7 Å². The Morgan fingerprint density at radius 2 is 1.58 bits per heavy atom. The van der Waals surface area contributed by atoms with Crippen LogP contribution >= 0.6 is 11.6 Å². The predicted molar refractivity (Wildman–Crippen MR) is 164 cm³/mol. The summed E-state index contributed by atoms with van der Waals surface area (Å²) in [7, 11) is 0. The SMILES string of the molecule is C#C.CC.CC(=O)O.CCOc1ccc(Cc2cc([C@H]3C[C@@H](OC(C)=O)C[C@@H](COC(C)=O)O3)ccc2Cl)cc1.O=CO. The minimum Gasteiger partial charge on any atom is -0.494 e. The number of esters is 2. The third-order valence-electron chi connectivity index (χ3n) is 5.24. The van der Waals surface area contributed by atoms with E-state index < -0.39 is 5.97 Å². The molecule has 2 aromatic carbocycles. The number of aliphatic carboxylic acids is 1. The average molecular weight is 623 g/mol. The van der Waals surface area contributed by atoms with E-state index in [0.717, 1.165) is 29.4 Å². The van der Waals surface area contributed by atoms with Crippen molar-refractivity contribution in [3.8, 4) is 18.6 Å². The molecule has 11 heteroatoms. The molecule has 1 aliphatic heterocycles. The minimum atomic E-state index is -0.833. The maximum Gasteiger partial charge on any atom is 0.302 e. The molecule has 0 bridgehead atoms. The summed E-state index contributed by atoms with van der Waals surface area (Å²) in [6, 6.07) is 13.8. The first-order valence-electron chi connectivity index (χ1n) is 13.6. The molecule has 2 N–H and O–H groups in total. The number of carboxylic acids is 1. The van der Waals surface area contributed by atoms with Gasteiger partial charge in [-0.3, -0.25) is 19.2 Å². The molecular formula is C32H43ClO10. The molecule has 3 rings (SSSR count). The summed E-state index contributed by atoms with van der Waals surface area (Å²) in [6.45, 7) is 10.3. The summed E-state index contributed by atoms with van der Waals surface area (Å²) in [4.78, 5) is 40.1. The van der Waals surface area contributed by atoms with Crippen LogP contribution in [0.5, 0.6) is 5.75 Å². The molecule has 2 aromatic rings. The quantitative estimate of drug-likeness (QED) is 0.201. The first kappa shape index (κ1) is 41.1. The van der Waals surface area contributed by atoms with Gasteiger partial charge < -0.3 is 29.2 Å². The fourth-order valence-electron chi connectivity index (χ4n) is 3.86. The van der Waals surface area contributed by atoms with Crippen molar-refractivity contribution in [3.05, 3.63) is 64.2 Å². The van der Waals surface area contributed by atoms with Crippen LogP contribution in [0.3, 0.4) is 0 Å². The summed E-state index contributed by atoms with van der Waals surface area (Å²) < 4.78 is 22.3. The van der Waals surface area contributed by atoms with Gasteiger partial charge in [-0.2, -0.15) is 0 Å². The van der Waals surface area contributed by atoms with E-state index in [0.29, 0.717) is 30.9 Å². The maximum absolute atomic E-state index is 11.5. The normalized spacial score (nSPS) is 16.3. The molecular weight excluding hydrogens is 580 g/mol. The van der Waals surface area contributed by atoms with Crippen molar-refractivity contribution in [2.24, 2.45) is 0 Å². The molecule has 1 aliphatic rings. The molecule has 10 nitrogen and oxygen atoms in total. The Morgan fingerprint density at radius 3 is 2.07 bits per heavy atom. The summed E-state index contributed by atoms with van der Waals surface area (Å²) >= 11 is 6.48. The molecule has 0 amide bonds. The molecule has 0 unspecified atom stereocenters. The Labute approximate surface area is 259 Å². The third kappa shape index (κ3) is 18.9. The van der Waals surface area contributed by atoms with Crippen LogP contribution in [0.2, 0.25) is 5.02 Å². The number of hydrogen-bond acceptors (Lipinski definition) is 8. The van der Waals surface area contributed by atoms with E-state index in [2.05, 4.69) is 12.8 Å². The summed E-state index contributed by atoms with van der Waals surface area (Å²) in [5.74, 6) is -0.708. The Balaban J connectivity index is 0. The Hall–Kier alpha value is -4.07. The van der Waals surface area contributed by atoms with Crippen molar-refractivity contribution in [2.75, 3.05) is 13.2 Å². The smallest absolute Gasteiger partial charge is 0.302 e. The Bertz CT molecular complexity index is 1110. The van der Waals surface area contributed by atoms with Gasteiger partial charge in [0.15, 0.2) is 0 Å². The highest BCUT2D eigenvalue weighted by Crippen LogP contribution is 2.35. The molecule has 1 saturated heterocycles. The van der Waals surface area contributed by atoms with E-state index in [9.17, 15) is 9.59 Å². The maximum atomic E-state index is 11.5. The molecule has 0 saturated carbocycles. The van der Waals surface area contributed by atoms with Gasteiger partial charge in [0.25, 0.3) is 12.4 Å². The van der Waals surface area contributed by atoms with Crippen LogP contribution in [0.25, 0.3) is 0 Å². The van der Waals surface area contributed by atoms with Gasteiger partial charge in [-0.05, 0) is 48.2 Å². The summed E-state index contributed by atoms with van der Waals surface area (Å²) in [6.07, 6.45) is 8.71. The number of carbonyl (C=O) groups excluding carboxylic acids is 2. The van der Waals surface area contributed by atoms with Gasteiger partial charge in [0.1, 0.15) is 18.5 Å². The first-order chi connectivity index (χ1) is 20.5. The zero-order valence-electron chi connectivity index (χ0n) is 25.6. The molecule has 3 atom stereocenters. The monoisotopic (exact) mass is 622 g/mol. The van der Waals surface area contributed by atoms with Crippen LogP contribution in [-0.2, 0) is 39.8 Å². The van der Waals surface area contributed by atoms with Crippen LogP contribution in [-0.4, -0.2) is 60.0 Å². The number of carbonyl (C=O) groups is 4. The number of ether oxygens (including phenoxy) is 4. The lowest BCUT2D eigenvalue weighted by atomic mass is 9.94. The molecule has 1 fully saturated rings. The average Bonchev–Trinajstić information content (AvgIpc) is 2.96. The van der Waals surface area contributed by atoms with Gasteiger partial charge in [0.05, 0.1) is 18.8 Å². The fraction of sp³-hybridized carbons (Fsp3) is 0.438. The summed E-state index contributed by atoms with van der Waals surface area (Å²) in [5, 5.41) is 15.0. The van der Waals surface area contributed by atoms with Gasteiger partial charge >= 0.3 is 11.9 Å². The largest absolute Gasteiger partial charge is 0.494 e.